The molecule has 1 saturated heterocycles. The van der Waals surface area contributed by atoms with Crippen LogP contribution in [-0.2, 0) is 14.2 Å². The number of aromatic nitrogens is 1. The molecule has 0 amide bonds. The Morgan fingerprint density at radius 3 is 2.54 bits per heavy atom. The second-order valence-corrected chi connectivity index (χ2v) is 6.64. The summed E-state index contributed by atoms with van der Waals surface area (Å²) < 4.78 is 29.7. The van der Waals surface area contributed by atoms with Gasteiger partial charge in [-0.25, -0.2) is 14.0 Å². The molecule has 148 valence electrons. The average molecular weight is 387 g/mol. The lowest BCUT2D eigenvalue weighted by Crippen LogP contribution is -2.21. The normalized spacial score (nSPS) is 16.1. The number of halogens is 1. The van der Waals surface area contributed by atoms with Gasteiger partial charge in [0.2, 0.25) is 0 Å². The number of nitrogens with zero attached hydrogens (tertiary/aromatic N) is 1. The molecule has 1 unspecified atom stereocenters. The third-order valence-electron chi connectivity index (χ3n) is 4.69. The van der Waals surface area contributed by atoms with Crippen molar-refractivity contribution in [1.82, 2.24) is 4.98 Å². The predicted molar refractivity (Wildman–Crippen MR) is 99.7 cm³/mol. The number of carbonyl (C=O) groups is 2. The molecule has 3 rings (SSSR count). The standard InChI is InChI=1S/C21H22FNO5/c1-12-17(20(24)26-3)19(14-6-4-7-15(22)10-14)18(13(2)23-12)21(25)28-11-16-8-5-9-27-16/h4,6-7,10,16H,5,8-9,11H2,1-3H3. The fraction of sp³-hybridized carbons (Fsp3) is 0.381. The number of pyridine rings is 1. The van der Waals surface area contributed by atoms with E-state index in [4.69, 9.17) is 14.2 Å². The highest BCUT2D eigenvalue weighted by Gasteiger charge is 2.28. The quantitative estimate of drug-likeness (QED) is 0.730. The first-order valence-corrected chi connectivity index (χ1v) is 9.06. The van der Waals surface area contributed by atoms with Gasteiger partial charge in [-0.2, -0.15) is 0 Å². The van der Waals surface area contributed by atoms with Crippen LogP contribution in [-0.4, -0.2) is 43.4 Å². The monoisotopic (exact) mass is 387 g/mol. The van der Waals surface area contributed by atoms with E-state index in [0.29, 0.717) is 23.6 Å². The highest BCUT2D eigenvalue weighted by Crippen LogP contribution is 2.33. The van der Waals surface area contributed by atoms with Gasteiger partial charge in [-0.15, -0.1) is 0 Å². The second kappa shape index (κ2) is 8.48. The minimum absolute atomic E-state index is 0.113. The van der Waals surface area contributed by atoms with Crippen LogP contribution in [0.3, 0.4) is 0 Å². The lowest BCUT2D eigenvalue weighted by Gasteiger charge is -2.18. The molecular weight excluding hydrogens is 365 g/mol. The van der Waals surface area contributed by atoms with Crippen molar-refractivity contribution >= 4 is 11.9 Å². The predicted octanol–water partition coefficient (Wildman–Crippen LogP) is 3.63. The van der Waals surface area contributed by atoms with E-state index in [9.17, 15) is 14.0 Å². The molecule has 2 aromatic rings. The number of ether oxygens (including phenoxy) is 3. The molecule has 0 N–H and O–H groups in total. The zero-order chi connectivity index (χ0) is 20.3. The maximum absolute atomic E-state index is 13.9. The van der Waals surface area contributed by atoms with E-state index in [1.54, 1.807) is 19.9 Å². The first-order chi connectivity index (χ1) is 13.4. The van der Waals surface area contributed by atoms with Crippen molar-refractivity contribution in [2.45, 2.75) is 32.8 Å². The molecule has 7 heteroatoms. The molecule has 1 atom stereocenters. The number of rotatable bonds is 5. The molecule has 0 aliphatic carbocycles. The van der Waals surface area contributed by atoms with Gasteiger partial charge >= 0.3 is 11.9 Å². The van der Waals surface area contributed by atoms with Gasteiger partial charge in [-0.1, -0.05) is 12.1 Å². The van der Waals surface area contributed by atoms with Gasteiger partial charge in [0.1, 0.15) is 12.4 Å². The number of methoxy groups -OCH3 is 1. The number of hydrogen-bond acceptors (Lipinski definition) is 6. The summed E-state index contributed by atoms with van der Waals surface area (Å²) in [7, 11) is 1.24. The van der Waals surface area contributed by atoms with E-state index >= 15 is 0 Å². The van der Waals surface area contributed by atoms with Crippen LogP contribution in [0.15, 0.2) is 24.3 Å². The van der Waals surface area contributed by atoms with Crippen LogP contribution in [0.2, 0.25) is 0 Å². The molecule has 0 saturated carbocycles. The smallest absolute Gasteiger partial charge is 0.340 e. The molecule has 0 spiro atoms. The molecule has 1 aromatic carbocycles. The fourth-order valence-electron chi connectivity index (χ4n) is 3.40. The number of hydrogen-bond donors (Lipinski definition) is 0. The maximum Gasteiger partial charge on any atom is 0.340 e. The molecule has 0 bridgehead atoms. The maximum atomic E-state index is 13.9. The van der Waals surface area contributed by atoms with E-state index in [-0.39, 0.29) is 29.4 Å². The van der Waals surface area contributed by atoms with E-state index in [2.05, 4.69) is 4.98 Å². The van der Waals surface area contributed by atoms with Gasteiger partial charge in [0.05, 0.1) is 35.7 Å². The topological polar surface area (TPSA) is 74.7 Å². The van der Waals surface area contributed by atoms with Crippen molar-refractivity contribution in [3.05, 3.63) is 52.6 Å². The summed E-state index contributed by atoms with van der Waals surface area (Å²) in [5.74, 6) is -1.78. The summed E-state index contributed by atoms with van der Waals surface area (Å²) in [6.45, 7) is 4.06. The van der Waals surface area contributed by atoms with E-state index in [0.717, 1.165) is 12.8 Å². The van der Waals surface area contributed by atoms with Gasteiger partial charge in [0.15, 0.2) is 0 Å². The molecule has 0 radical (unpaired) electrons. The highest BCUT2D eigenvalue weighted by atomic mass is 19.1. The van der Waals surface area contributed by atoms with Gasteiger partial charge in [-0.3, -0.25) is 4.98 Å². The summed E-state index contributed by atoms with van der Waals surface area (Å²) in [4.78, 5) is 29.7. The third kappa shape index (κ3) is 4.04. The van der Waals surface area contributed by atoms with Gasteiger partial charge < -0.3 is 14.2 Å². The number of benzene rings is 1. The molecule has 1 fully saturated rings. The van der Waals surface area contributed by atoms with Gasteiger partial charge in [0.25, 0.3) is 0 Å². The van der Waals surface area contributed by atoms with Gasteiger partial charge in [0, 0.05) is 12.2 Å². The van der Waals surface area contributed by atoms with Crippen molar-refractivity contribution in [2.24, 2.45) is 0 Å². The Bertz CT molecular complexity index is 906. The Kier molecular flexibility index (Phi) is 6.04. The van der Waals surface area contributed by atoms with Crippen LogP contribution in [0.25, 0.3) is 11.1 Å². The van der Waals surface area contributed by atoms with Crippen LogP contribution in [0, 0.1) is 19.7 Å². The Morgan fingerprint density at radius 2 is 1.93 bits per heavy atom. The van der Waals surface area contributed by atoms with E-state index in [1.807, 2.05) is 0 Å². The molecule has 1 aliphatic heterocycles. The summed E-state index contributed by atoms with van der Waals surface area (Å²) >= 11 is 0. The van der Waals surface area contributed by atoms with Crippen molar-refractivity contribution in [1.29, 1.82) is 0 Å². The van der Waals surface area contributed by atoms with Gasteiger partial charge in [-0.05, 0) is 44.4 Å². The van der Waals surface area contributed by atoms with Crippen molar-refractivity contribution < 1.29 is 28.2 Å². The zero-order valence-electron chi connectivity index (χ0n) is 16.1. The van der Waals surface area contributed by atoms with E-state index < -0.39 is 17.8 Å². The van der Waals surface area contributed by atoms with Crippen LogP contribution < -0.4 is 0 Å². The Balaban J connectivity index is 2.11. The largest absolute Gasteiger partial charge is 0.465 e. The zero-order valence-corrected chi connectivity index (χ0v) is 16.1. The van der Waals surface area contributed by atoms with Crippen molar-refractivity contribution in [3.8, 4) is 11.1 Å². The van der Waals surface area contributed by atoms with Crippen LogP contribution >= 0.6 is 0 Å². The molecule has 2 heterocycles. The minimum Gasteiger partial charge on any atom is -0.465 e. The number of carbonyl (C=O) groups excluding carboxylic acids is 2. The fourth-order valence-corrected chi connectivity index (χ4v) is 3.40. The van der Waals surface area contributed by atoms with Crippen LogP contribution in [0.4, 0.5) is 4.39 Å². The first kappa shape index (κ1) is 19.9. The lowest BCUT2D eigenvalue weighted by atomic mass is 9.92. The van der Waals surface area contributed by atoms with Crippen LogP contribution in [0.1, 0.15) is 44.9 Å². The molecule has 28 heavy (non-hydrogen) atoms. The molecular formula is C21H22FNO5. The van der Waals surface area contributed by atoms with Crippen molar-refractivity contribution in [2.75, 3.05) is 20.3 Å². The summed E-state index contributed by atoms with van der Waals surface area (Å²) in [5.41, 5.74) is 1.64. The van der Waals surface area contributed by atoms with Crippen LogP contribution in [0.5, 0.6) is 0 Å². The SMILES string of the molecule is COC(=O)c1c(C)nc(C)c(C(=O)OCC2CCCO2)c1-c1cccc(F)c1. The number of aryl methyl sites for hydroxylation is 2. The minimum atomic E-state index is -0.655. The number of esters is 2. The average Bonchev–Trinajstić information content (AvgIpc) is 3.18. The molecule has 1 aliphatic rings. The second-order valence-electron chi connectivity index (χ2n) is 6.64. The Hall–Kier alpha value is -2.80. The van der Waals surface area contributed by atoms with E-state index in [1.165, 1.54) is 25.3 Å². The lowest BCUT2D eigenvalue weighted by molar-refractivity contribution is 0.0161. The molecule has 1 aromatic heterocycles. The summed E-state index contributed by atoms with van der Waals surface area (Å²) in [5, 5.41) is 0. The van der Waals surface area contributed by atoms with Crippen molar-refractivity contribution in [3.63, 3.8) is 0 Å². The Labute approximate surface area is 162 Å². The summed E-state index contributed by atoms with van der Waals surface area (Å²) in [6.07, 6.45) is 1.61. The Morgan fingerprint density at radius 1 is 1.21 bits per heavy atom. The summed E-state index contributed by atoms with van der Waals surface area (Å²) in [6, 6.07) is 5.69. The highest BCUT2D eigenvalue weighted by molar-refractivity contribution is 6.07. The third-order valence-corrected chi connectivity index (χ3v) is 4.69. The first-order valence-electron chi connectivity index (χ1n) is 9.06. The molecule has 6 nitrogen and oxygen atoms in total.